The summed E-state index contributed by atoms with van der Waals surface area (Å²) in [7, 11) is 0. The van der Waals surface area contributed by atoms with E-state index < -0.39 is 5.95 Å². The van der Waals surface area contributed by atoms with Crippen LogP contribution in [0.5, 0.6) is 0 Å². The molecule has 16 heavy (non-hydrogen) atoms. The van der Waals surface area contributed by atoms with Crippen LogP contribution in [0.15, 0.2) is 39.0 Å². The highest BCUT2D eigenvalue weighted by atomic mass is 79.9. The number of halogens is 2. The summed E-state index contributed by atoms with van der Waals surface area (Å²) in [4.78, 5) is 6.22. The molecule has 0 aliphatic carbocycles. The molecule has 0 saturated heterocycles. The molecule has 0 bridgehead atoms. The summed E-state index contributed by atoms with van der Waals surface area (Å²) in [5.74, 6) is -0.386. The number of hydrogen-bond donors (Lipinski definition) is 1. The third-order valence-corrected chi connectivity index (χ3v) is 2.43. The molecule has 0 atom stereocenters. The van der Waals surface area contributed by atoms with Crippen molar-refractivity contribution < 1.29 is 4.39 Å². The van der Waals surface area contributed by atoms with E-state index >= 15 is 0 Å². The largest absolute Gasteiger partial charge is 0.323 e. The highest BCUT2D eigenvalue weighted by Crippen LogP contribution is 2.19. The molecule has 82 valence electrons. The lowest BCUT2D eigenvalue weighted by Gasteiger charge is -1.91. The molecule has 4 nitrogen and oxygen atoms in total. The molecule has 0 spiro atoms. The third kappa shape index (κ3) is 2.52. The molecular formula is C10H8BrFN4. The minimum absolute atomic E-state index is 0.165. The van der Waals surface area contributed by atoms with Crippen LogP contribution in [0.1, 0.15) is 5.69 Å². The van der Waals surface area contributed by atoms with E-state index in [1.54, 1.807) is 19.1 Å². The highest BCUT2D eigenvalue weighted by Gasteiger charge is 2.03. The van der Waals surface area contributed by atoms with Gasteiger partial charge in [-0.2, -0.15) is 9.37 Å². The molecule has 1 aromatic carbocycles. The number of H-pyrrole nitrogens is 1. The number of aromatic nitrogens is 2. The minimum Gasteiger partial charge on any atom is -0.323 e. The average molecular weight is 283 g/mol. The lowest BCUT2D eigenvalue weighted by molar-refractivity contribution is 0.582. The monoisotopic (exact) mass is 282 g/mol. The van der Waals surface area contributed by atoms with E-state index in [0.717, 1.165) is 4.47 Å². The van der Waals surface area contributed by atoms with Crippen molar-refractivity contribution in [2.45, 2.75) is 6.92 Å². The van der Waals surface area contributed by atoms with Crippen molar-refractivity contribution in [1.29, 1.82) is 0 Å². The quantitative estimate of drug-likeness (QED) is 0.831. The van der Waals surface area contributed by atoms with Crippen molar-refractivity contribution in [3.05, 3.63) is 40.4 Å². The molecule has 2 rings (SSSR count). The summed E-state index contributed by atoms with van der Waals surface area (Å²) in [6.07, 6.45) is 0. The second-order valence-corrected chi connectivity index (χ2v) is 4.07. The van der Waals surface area contributed by atoms with Crippen LogP contribution in [0, 0.1) is 12.9 Å². The van der Waals surface area contributed by atoms with E-state index in [4.69, 9.17) is 0 Å². The van der Waals surface area contributed by atoms with Crippen molar-refractivity contribution in [1.82, 2.24) is 9.97 Å². The lowest BCUT2D eigenvalue weighted by Crippen LogP contribution is -1.73. The summed E-state index contributed by atoms with van der Waals surface area (Å²) >= 11 is 3.31. The van der Waals surface area contributed by atoms with Crippen molar-refractivity contribution in [2.75, 3.05) is 0 Å². The van der Waals surface area contributed by atoms with Gasteiger partial charge in [0.15, 0.2) is 0 Å². The number of nitrogens with zero attached hydrogens (tertiary/aromatic N) is 3. The maximum absolute atomic E-state index is 12.9. The van der Waals surface area contributed by atoms with Crippen LogP contribution in [0.25, 0.3) is 0 Å². The molecule has 2 aromatic rings. The Hall–Kier alpha value is -1.56. The fourth-order valence-electron chi connectivity index (χ4n) is 1.08. The van der Waals surface area contributed by atoms with Gasteiger partial charge < -0.3 is 4.98 Å². The summed E-state index contributed by atoms with van der Waals surface area (Å²) in [6, 6.07) is 7.28. The third-order valence-electron chi connectivity index (χ3n) is 1.90. The molecule has 0 radical (unpaired) electrons. The van der Waals surface area contributed by atoms with E-state index in [1.807, 2.05) is 12.1 Å². The predicted molar refractivity (Wildman–Crippen MR) is 61.6 cm³/mol. The fraction of sp³-hybridized carbons (Fsp3) is 0.100. The lowest BCUT2D eigenvalue weighted by atomic mass is 10.3. The van der Waals surface area contributed by atoms with Crippen LogP contribution in [-0.4, -0.2) is 9.97 Å². The first kappa shape index (κ1) is 10.9. The summed E-state index contributed by atoms with van der Waals surface area (Å²) in [5, 5.41) is 7.71. The Morgan fingerprint density at radius 2 is 1.94 bits per heavy atom. The normalized spacial score (nSPS) is 11.2. The molecule has 6 heteroatoms. The summed E-state index contributed by atoms with van der Waals surface area (Å²) in [6.45, 7) is 1.58. The second kappa shape index (κ2) is 4.52. The zero-order valence-corrected chi connectivity index (χ0v) is 9.99. The molecule has 0 unspecified atom stereocenters. The van der Waals surface area contributed by atoms with Gasteiger partial charge in [0.25, 0.3) is 0 Å². The zero-order chi connectivity index (χ0) is 11.5. The van der Waals surface area contributed by atoms with E-state index in [0.29, 0.717) is 11.4 Å². The minimum atomic E-state index is -0.551. The molecule has 0 amide bonds. The maximum Gasteiger partial charge on any atom is 0.249 e. The first-order valence-electron chi connectivity index (χ1n) is 4.54. The Kier molecular flexibility index (Phi) is 3.09. The van der Waals surface area contributed by atoms with Crippen molar-refractivity contribution in [3.8, 4) is 0 Å². The van der Waals surface area contributed by atoms with Gasteiger partial charge in [0.1, 0.15) is 0 Å². The van der Waals surface area contributed by atoms with Gasteiger partial charge in [0.05, 0.1) is 11.4 Å². The number of nitrogens with one attached hydrogen (secondary N) is 1. The van der Waals surface area contributed by atoms with E-state index in [-0.39, 0.29) is 5.95 Å². The van der Waals surface area contributed by atoms with Crippen LogP contribution in [0.3, 0.4) is 0 Å². The summed E-state index contributed by atoms with van der Waals surface area (Å²) in [5.41, 5.74) is 1.03. The number of aryl methyl sites for hydroxylation is 1. The van der Waals surface area contributed by atoms with Gasteiger partial charge in [-0.3, -0.25) is 0 Å². The number of imidazole rings is 1. The molecule has 0 fully saturated rings. The topological polar surface area (TPSA) is 53.4 Å². The number of hydrogen-bond acceptors (Lipinski definition) is 3. The van der Waals surface area contributed by atoms with E-state index in [1.165, 1.54) is 0 Å². The number of rotatable bonds is 2. The zero-order valence-electron chi connectivity index (χ0n) is 8.41. The Morgan fingerprint density at radius 3 is 2.50 bits per heavy atom. The van der Waals surface area contributed by atoms with Gasteiger partial charge in [0.2, 0.25) is 11.9 Å². The Balaban J connectivity index is 2.17. The Morgan fingerprint density at radius 1 is 1.25 bits per heavy atom. The number of benzene rings is 1. The molecule has 0 aliphatic rings. The van der Waals surface area contributed by atoms with Gasteiger partial charge in [-0.05, 0) is 31.2 Å². The number of azo groups is 1. The fourth-order valence-corrected chi connectivity index (χ4v) is 1.35. The average Bonchev–Trinajstić information content (AvgIpc) is 2.58. The van der Waals surface area contributed by atoms with E-state index in [2.05, 4.69) is 36.1 Å². The summed E-state index contributed by atoms with van der Waals surface area (Å²) < 4.78 is 13.8. The highest BCUT2D eigenvalue weighted by molar-refractivity contribution is 9.10. The van der Waals surface area contributed by atoms with Gasteiger partial charge in [-0.25, -0.2) is 0 Å². The first-order chi connectivity index (χ1) is 7.65. The maximum atomic E-state index is 12.9. The molecule has 1 N–H and O–H groups in total. The number of aromatic amines is 1. The van der Waals surface area contributed by atoms with Crippen LogP contribution in [0.4, 0.5) is 16.0 Å². The van der Waals surface area contributed by atoms with Crippen LogP contribution in [0.2, 0.25) is 0 Å². The van der Waals surface area contributed by atoms with Gasteiger partial charge in [0, 0.05) is 4.47 Å². The van der Waals surface area contributed by atoms with Crippen LogP contribution < -0.4 is 0 Å². The van der Waals surface area contributed by atoms with Crippen LogP contribution in [-0.2, 0) is 0 Å². The Bertz CT molecular complexity index is 499. The van der Waals surface area contributed by atoms with Gasteiger partial charge in [-0.1, -0.05) is 15.9 Å². The standard InChI is InChI=1S/C10H8BrFN4/c1-6-9(12)14-10(13-6)16-15-8-4-2-7(11)3-5-8/h2-5H,1H3,(H,13,14). The molecule has 1 heterocycles. The molecular weight excluding hydrogens is 275 g/mol. The Labute approximate surface area is 99.8 Å². The predicted octanol–water partition coefficient (Wildman–Crippen LogP) is 4.04. The van der Waals surface area contributed by atoms with Gasteiger partial charge in [-0.15, -0.1) is 10.2 Å². The van der Waals surface area contributed by atoms with Crippen molar-refractivity contribution in [2.24, 2.45) is 10.2 Å². The first-order valence-corrected chi connectivity index (χ1v) is 5.34. The van der Waals surface area contributed by atoms with Crippen molar-refractivity contribution in [3.63, 3.8) is 0 Å². The van der Waals surface area contributed by atoms with Crippen molar-refractivity contribution >= 4 is 27.6 Å². The molecule has 0 saturated carbocycles. The van der Waals surface area contributed by atoms with E-state index in [9.17, 15) is 4.39 Å². The smallest absolute Gasteiger partial charge is 0.249 e. The SMILES string of the molecule is Cc1[nH]c(N=Nc2ccc(Br)cc2)nc1F. The second-order valence-electron chi connectivity index (χ2n) is 3.15. The molecule has 1 aromatic heterocycles. The van der Waals surface area contributed by atoms with Crippen LogP contribution >= 0.6 is 15.9 Å². The molecule has 0 aliphatic heterocycles. The van der Waals surface area contributed by atoms with Gasteiger partial charge >= 0.3 is 0 Å².